The van der Waals surface area contributed by atoms with E-state index in [1.54, 1.807) is 0 Å². The highest BCUT2D eigenvalue weighted by Crippen LogP contribution is 2.18. The Labute approximate surface area is 155 Å². The van der Waals surface area contributed by atoms with Crippen molar-refractivity contribution < 1.29 is 0 Å². The topological polar surface area (TPSA) is 70.4 Å². The van der Waals surface area contributed by atoms with Crippen molar-refractivity contribution >= 4 is 11.6 Å². The Balaban J connectivity index is 1.49. The molecule has 1 aliphatic rings. The quantitative estimate of drug-likeness (QED) is 0.628. The molecule has 140 valence electrons. The predicted molar refractivity (Wildman–Crippen MR) is 106 cm³/mol. The molecular formula is C19H29N7. The predicted octanol–water partition coefficient (Wildman–Crippen LogP) is 1.50. The summed E-state index contributed by atoms with van der Waals surface area (Å²) in [5.74, 6) is 0.870. The minimum absolute atomic E-state index is 0.387. The van der Waals surface area contributed by atoms with E-state index in [0.29, 0.717) is 6.04 Å². The zero-order chi connectivity index (χ0) is 18.4. The van der Waals surface area contributed by atoms with Crippen molar-refractivity contribution in [2.24, 2.45) is 12.0 Å². The molecule has 0 radical (unpaired) electrons. The van der Waals surface area contributed by atoms with Gasteiger partial charge < -0.3 is 15.5 Å². The van der Waals surface area contributed by atoms with E-state index in [0.717, 1.165) is 38.4 Å². The molecule has 7 heteroatoms. The van der Waals surface area contributed by atoms with Gasteiger partial charge in [-0.3, -0.25) is 14.7 Å². The number of hydrogen-bond donors (Lipinski definition) is 2. The standard InChI is InChI=1S/C19H29N7/c1-15-11-21-8-6-16(15)7-9-22-19(20-2)24-17-5-4-10-26(13-17)18-12-23-25(3)14-18/h6,8,11-12,14,17H,4-5,7,9-10,13H2,1-3H3,(H2,20,22,24). The van der Waals surface area contributed by atoms with Crippen LogP contribution < -0.4 is 15.5 Å². The number of anilines is 1. The van der Waals surface area contributed by atoms with Crippen LogP contribution in [0.2, 0.25) is 0 Å². The van der Waals surface area contributed by atoms with Crippen molar-refractivity contribution in [1.29, 1.82) is 0 Å². The average molecular weight is 355 g/mol. The minimum Gasteiger partial charge on any atom is -0.367 e. The van der Waals surface area contributed by atoms with Gasteiger partial charge in [0.05, 0.1) is 11.9 Å². The van der Waals surface area contributed by atoms with Gasteiger partial charge in [0.2, 0.25) is 0 Å². The van der Waals surface area contributed by atoms with E-state index in [-0.39, 0.29) is 0 Å². The highest BCUT2D eigenvalue weighted by molar-refractivity contribution is 5.80. The van der Waals surface area contributed by atoms with Crippen LogP contribution in [0.3, 0.4) is 0 Å². The molecule has 1 atom stereocenters. The molecule has 3 rings (SSSR count). The van der Waals surface area contributed by atoms with Gasteiger partial charge in [0.1, 0.15) is 0 Å². The lowest BCUT2D eigenvalue weighted by atomic mass is 10.1. The van der Waals surface area contributed by atoms with Crippen LogP contribution in [0.25, 0.3) is 0 Å². The Bertz CT molecular complexity index is 737. The van der Waals surface area contributed by atoms with Crippen LogP contribution in [0.5, 0.6) is 0 Å². The first-order chi connectivity index (χ1) is 12.7. The Kier molecular flexibility index (Phi) is 6.09. The SMILES string of the molecule is CN=C(NCCc1ccncc1C)NC1CCCN(c2cnn(C)c2)C1. The smallest absolute Gasteiger partial charge is 0.191 e. The number of rotatable bonds is 5. The molecule has 1 unspecified atom stereocenters. The van der Waals surface area contributed by atoms with Crippen molar-refractivity contribution in [1.82, 2.24) is 25.4 Å². The van der Waals surface area contributed by atoms with Crippen LogP contribution in [0.4, 0.5) is 5.69 Å². The van der Waals surface area contributed by atoms with Crippen molar-refractivity contribution in [3.8, 4) is 0 Å². The maximum Gasteiger partial charge on any atom is 0.191 e. The summed E-state index contributed by atoms with van der Waals surface area (Å²) in [5.41, 5.74) is 3.75. The molecule has 1 fully saturated rings. The van der Waals surface area contributed by atoms with Gasteiger partial charge in [-0.1, -0.05) is 0 Å². The molecule has 7 nitrogen and oxygen atoms in total. The molecule has 1 saturated heterocycles. The van der Waals surface area contributed by atoms with Crippen LogP contribution in [-0.2, 0) is 13.5 Å². The lowest BCUT2D eigenvalue weighted by Crippen LogP contribution is -2.51. The van der Waals surface area contributed by atoms with E-state index in [1.165, 1.54) is 23.2 Å². The summed E-state index contributed by atoms with van der Waals surface area (Å²) in [7, 11) is 3.79. The fraction of sp³-hybridized carbons (Fsp3) is 0.526. The maximum atomic E-state index is 4.38. The summed E-state index contributed by atoms with van der Waals surface area (Å²) in [5, 5.41) is 11.3. The maximum absolute atomic E-state index is 4.38. The Hall–Kier alpha value is -2.57. The molecule has 0 saturated carbocycles. The van der Waals surface area contributed by atoms with Gasteiger partial charge in [0.15, 0.2) is 5.96 Å². The molecule has 0 bridgehead atoms. The van der Waals surface area contributed by atoms with Crippen LogP contribution in [0.15, 0.2) is 35.8 Å². The van der Waals surface area contributed by atoms with E-state index in [4.69, 9.17) is 0 Å². The van der Waals surface area contributed by atoms with Crippen LogP contribution in [0.1, 0.15) is 24.0 Å². The highest BCUT2D eigenvalue weighted by Gasteiger charge is 2.21. The number of guanidine groups is 1. The first-order valence-corrected chi connectivity index (χ1v) is 9.26. The average Bonchev–Trinajstić information content (AvgIpc) is 3.09. The lowest BCUT2D eigenvalue weighted by Gasteiger charge is -2.34. The fourth-order valence-corrected chi connectivity index (χ4v) is 3.39. The number of nitrogens with one attached hydrogen (secondary N) is 2. The van der Waals surface area contributed by atoms with Gasteiger partial charge in [-0.25, -0.2) is 0 Å². The molecule has 2 aromatic rings. The van der Waals surface area contributed by atoms with Gasteiger partial charge in [0, 0.05) is 58.4 Å². The largest absolute Gasteiger partial charge is 0.367 e. The zero-order valence-electron chi connectivity index (χ0n) is 15.9. The summed E-state index contributed by atoms with van der Waals surface area (Å²) in [6, 6.07) is 2.47. The van der Waals surface area contributed by atoms with Crippen molar-refractivity contribution in [2.45, 2.75) is 32.2 Å². The second kappa shape index (κ2) is 8.69. The molecule has 0 aliphatic carbocycles. The minimum atomic E-state index is 0.387. The Morgan fingerprint density at radius 2 is 2.27 bits per heavy atom. The highest BCUT2D eigenvalue weighted by atomic mass is 15.3. The lowest BCUT2D eigenvalue weighted by molar-refractivity contribution is 0.468. The first-order valence-electron chi connectivity index (χ1n) is 9.26. The van der Waals surface area contributed by atoms with Gasteiger partial charge in [-0.2, -0.15) is 5.10 Å². The third-order valence-electron chi connectivity index (χ3n) is 4.87. The molecule has 3 heterocycles. The van der Waals surface area contributed by atoms with Crippen molar-refractivity contribution in [3.05, 3.63) is 42.0 Å². The van der Waals surface area contributed by atoms with E-state index in [1.807, 2.05) is 37.4 Å². The summed E-state index contributed by atoms with van der Waals surface area (Å²) in [6.45, 7) is 5.00. The molecule has 2 N–H and O–H groups in total. The second-order valence-electron chi connectivity index (χ2n) is 6.85. The van der Waals surface area contributed by atoms with Crippen LogP contribution >= 0.6 is 0 Å². The fourth-order valence-electron chi connectivity index (χ4n) is 3.39. The van der Waals surface area contributed by atoms with Gasteiger partial charge in [-0.05, 0) is 43.4 Å². The summed E-state index contributed by atoms with van der Waals surface area (Å²) in [4.78, 5) is 10.9. The van der Waals surface area contributed by atoms with E-state index in [9.17, 15) is 0 Å². The number of hydrogen-bond acceptors (Lipinski definition) is 4. The number of nitrogens with zero attached hydrogens (tertiary/aromatic N) is 5. The number of aryl methyl sites for hydroxylation is 2. The molecule has 26 heavy (non-hydrogen) atoms. The van der Waals surface area contributed by atoms with Crippen LogP contribution in [0, 0.1) is 6.92 Å². The number of aromatic nitrogens is 3. The van der Waals surface area contributed by atoms with Crippen molar-refractivity contribution in [3.63, 3.8) is 0 Å². The summed E-state index contributed by atoms with van der Waals surface area (Å²) in [6.07, 6.45) is 11.1. The summed E-state index contributed by atoms with van der Waals surface area (Å²) < 4.78 is 1.86. The van der Waals surface area contributed by atoms with Gasteiger partial charge in [0.25, 0.3) is 0 Å². The molecule has 2 aromatic heterocycles. The molecule has 1 aliphatic heterocycles. The van der Waals surface area contributed by atoms with E-state index in [2.05, 4.69) is 49.8 Å². The first kappa shape index (κ1) is 18.2. The third-order valence-corrected chi connectivity index (χ3v) is 4.87. The normalized spacial score (nSPS) is 18.0. The number of pyridine rings is 1. The number of piperidine rings is 1. The van der Waals surface area contributed by atoms with E-state index < -0.39 is 0 Å². The Morgan fingerprint density at radius 1 is 1.38 bits per heavy atom. The molecule has 0 amide bonds. The van der Waals surface area contributed by atoms with Gasteiger partial charge in [-0.15, -0.1) is 0 Å². The zero-order valence-corrected chi connectivity index (χ0v) is 15.9. The third kappa shape index (κ3) is 4.74. The van der Waals surface area contributed by atoms with Gasteiger partial charge >= 0.3 is 0 Å². The molecule has 0 aromatic carbocycles. The molecule has 0 spiro atoms. The van der Waals surface area contributed by atoms with Crippen LogP contribution in [-0.4, -0.2) is 53.4 Å². The van der Waals surface area contributed by atoms with Crippen molar-refractivity contribution in [2.75, 3.05) is 31.6 Å². The molecular weight excluding hydrogens is 326 g/mol. The monoisotopic (exact) mass is 355 g/mol. The van der Waals surface area contributed by atoms with E-state index >= 15 is 0 Å². The second-order valence-corrected chi connectivity index (χ2v) is 6.85. The number of aliphatic imine (C=N–C) groups is 1. The summed E-state index contributed by atoms with van der Waals surface area (Å²) >= 11 is 0. The Morgan fingerprint density at radius 3 is 3.00 bits per heavy atom.